The average molecular weight is 224 g/mol. The Kier molecular flexibility index (Phi) is 2.65. The lowest BCUT2D eigenvalue weighted by Gasteiger charge is -2.14. The molecule has 1 aromatic heterocycles. The number of benzene rings is 1. The average Bonchev–Trinajstić information content (AvgIpc) is 2.91. The van der Waals surface area contributed by atoms with E-state index < -0.39 is 0 Å². The van der Waals surface area contributed by atoms with Gasteiger partial charge in [-0.25, -0.2) is 0 Å². The molecule has 0 aliphatic heterocycles. The molecule has 0 saturated carbocycles. The molecule has 2 nitrogen and oxygen atoms in total. The number of pyridine rings is 1. The predicted octanol–water partition coefficient (Wildman–Crippen LogP) is 3.34. The minimum atomic E-state index is 0.0575. The molecule has 0 amide bonds. The fraction of sp³-hybridized carbons (Fsp3) is 0.267. The SMILES string of the molecule is NC(C1=CCCC1)c1ccc2ncccc2c1. The van der Waals surface area contributed by atoms with E-state index in [1.807, 2.05) is 12.3 Å². The van der Waals surface area contributed by atoms with Gasteiger partial charge in [-0.2, -0.15) is 0 Å². The molecular weight excluding hydrogens is 208 g/mol. The molecule has 86 valence electrons. The number of nitrogens with zero attached hydrogens (tertiary/aromatic N) is 1. The molecule has 0 fully saturated rings. The van der Waals surface area contributed by atoms with Gasteiger partial charge in [-0.1, -0.05) is 23.8 Å². The van der Waals surface area contributed by atoms with E-state index in [-0.39, 0.29) is 6.04 Å². The van der Waals surface area contributed by atoms with Crippen molar-refractivity contribution >= 4 is 10.9 Å². The third kappa shape index (κ3) is 1.96. The molecule has 1 aliphatic rings. The molecule has 2 aromatic rings. The van der Waals surface area contributed by atoms with Gasteiger partial charge < -0.3 is 5.73 Å². The van der Waals surface area contributed by atoms with E-state index in [4.69, 9.17) is 5.73 Å². The molecule has 0 spiro atoms. The van der Waals surface area contributed by atoms with Gasteiger partial charge in [0.25, 0.3) is 0 Å². The monoisotopic (exact) mass is 224 g/mol. The molecule has 1 atom stereocenters. The molecule has 0 radical (unpaired) electrons. The zero-order valence-electron chi connectivity index (χ0n) is 9.76. The van der Waals surface area contributed by atoms with Crippen molar-refractivity contribution in [2.75, 3.05) is 0 Å². The summed E-state index contributed by atoms with van der Waals surface area (Å²) >= 11 is 0. The summed E-state index contributed by atoms with van der Waals surface area (Å²) in [5.41, 5.74) is 9.91. The van der Waals surface area contributed by atoms with E-state index in [1.165, 1.54) is 29.4 Å². The fourth-order valence-electron chi connectivity index (χ4n) is 2.48. The molecule has 2 N–H and O–H groups in total. The van der Waals surface area contributed by atoms with Crippen LogP contribution in [-0.2, 0) is 0 Å². The van der Waals surface area contributed by atoms with Crippen LogP contribution in [0.5, 0.6) is 0 Å². The molecule has 1 aliphatic carbocycles. The van der Waals surface area contributed by atoms with Gasteiger partial charge in [-0.15, -0.1) is 0 Å². The molecule has 1 unspecified atom stereocenters. The van der Waals surface area contributed by atoms with Crippen molar-refractivity contribution in [3.63, 3.8) is 0 Å². The van der Waals surface area contributed by atoms with E-state index in [1.54, 1.807) is 0 Å². The highest BCUT2D eigenvalue weighted by Crippen LogP contribution is 2.29. The Labute approximate surface area is 101 Å². The molecule has 3 rings (SSSR count). The lowest BCUT2D eigenvalue weighted by Crippen LogP contribution is -2.12. The Morgan fingerprint density at radius 1 is 1.24 bits per heavy atom. The summed E-state index contributed by atoms with van der Waals surface area (Å²) in [5, 5.41) is 1.17. The van der Waals surface area contributed by atoms with Crippen LogP contribution in [0.15, 0.2) is 48.2 Å². The number of allylic oxidation sites excluding steroid dienone is 1. The van der Waals surface area contributed by atoms with Gasteiger partial charge in [-0.05, 0) is 43.0 Å². The van der Waals surface area contributed by atoms with Crippen molar-refractivity contribution in [3.05, 3.63) is 53.7 Å². The number of hydrogen-bond acceptors (Lipinski definition) is 2. The maximum Gasteiger partial charge on any atom is 0.0702 e. The normalized spacial score (nSPS) is 17.1. The number of nitrogens with two attached hydrogens (primary N) is 1. The molecular formula is C15H16N2. The summed E-state index contributed by atoms with van der Waals surface area (Å²) in [6.45, 7) is 0. The van der Waals surface area contributed by atoms with Crippen molar-refractivity contribution in [1.82, 2.24) is 4.98 Å². The second-order valence-electron chi connectivity index (χ2n) is 4.60. The van der Waals surface area contributed by atoms with Crippen molar-refractivity contribution in [2.24, 2.45) is 5.73 Å². The molecule has 2 heteroatoms. The lowest BCUT2D eigenvalue weighted by molar-refractivity contribution is 0.786. The van der Waals surface area contributed by atoms with Crippen molar-refractivity contribution < 1.29 is 0 Å². The van der Waals surface area contributed by atoms with Gasteiger partial charge in [0.1, 0.15) is 0 Å². The largest absolute Gasteiger partial charge is 0.321 e. The molecule has 0 bridgehead atoms. The van der Waals surface area contributed by atoms with Gasteiger partial charge in [-0.3, -0.25) is 4.98 Å². The van der Waals surface area contributed by atoms with Crippen LogP contribution in [0.2, 0.25) is 0 Å². The molecule has 17 heavy (non-hydrogen) atoms. The number of hydrogen-bond donors (Lipinski definition) is 1. The van der Waals surface area contributed by atoms with Crippen LogP contribution in [0, 0.1) is 0 Å². The topological polar surface area (TPSA) is 38.9 Å². The summed E-state index contributed by atoms with van der Waals surface area (Å²) in [4.78, 5) is 4.32. The maximum absolute atomic E-state index is 6.30. The predicted molar refractivity (Wildman–Crippen MR) is 70.6 cm³/mol. The minimum absolute atomic E-state index is 0.0575. The van der Waals surface area contributed by atoms with E-state index in [2.05, 4.69) is 35.3 Å². The van der Waals surface area contributed by atoms with E-state index in [0.717, 1.165) is 11.9 Å². The minimum Gasteiger partial charge on any atom is -0.321 e. The molecule has 1 aromatic carbocycles. The first-order valence-electron chi connectivity index (χ1n) is 6.14. The zero-order valence-corrected chi connectivity index (χ0v) is 9.76. The van der Waals surface area contributed by atoms with Gasteiger partial charge in [0, 0.05) is 11.6 Å². The second kappa shape index (κ2) is 4.30. The summed E-state index contributed by atoms with van der Waals surface area (Å²) < 4.78 is 0. The van der Waals surface area contributed by atoms with Gasteiger partial charge in [0.15, 0.2) is 0 Å². The van der Waals surface area contributed by atoms with Crippen LogP contribution in [-0.4, -0.2) is 4.98 Å². The van der Waals surface area contributed by atoms with Crippen LogP contribution in [0.4, 0.5) is 0 Å². The van der Waals surface area contributed by atoms with Crippen LogP contribution in [0.3, 0.4) is 0 Å². The number of rotatable bonds is 2. The van der Waals surface area contributed by atoms with Gasteiger partial charge in [0.2, 0.25) is 0 Å². The Hall–Kier alpha value is -1.67. The maximum atomic E-state index is 6.30. The standard InChI is InChI=1S/C15H16N2/c16-15(11-4-1-2-5-11)13-7-8-14-12(10-13)6-3-9-17-14/h3-4,6-10,15H,1-2,5,16H2. The second-order valence-corrected chi connectivity index (χ2v) is 4.60. The smallest absolute Gasteiger partial charge is 0.0702 e. The Morgan fingerprint density at radius 3 is 3.00 bits per heavy atom. The Balaban J connectivity index is 2.00. The molecule has 0 saturated heterocycles. The summed E-state index contributed by atoms with van der Waals surface area (Å²) in [6.07, 6.45) is 7.68. The third-order valence-electron chi connectivity index (χ3n) is 3.46. The highest BCUT2D eigenvalue weighted by Gasteiger charge is 2.15. The zero-order chi connectivity index (χ0) is 11.7. The van der Waals surface area contributed by atoms with Crippen LogP contribution in [0.1, 0.15) is 30.9 Å². The van der Waals surface area contributed by atoms with Crippen molar-refractivity contribution in [2.45, 2.75) is 25.3 Å². The summed E-state index contributed by atoms with van der Waals surface area (Å²) in [6, 6.07) is 10.4. The Morgan fingerprint density at radius 2 is 2.18 bits per heavy atom. The number of aromatic nitrogens is 1. The number of fused-ring (bicyclic) bond motifs is 1. The third-order valence-corrected chi connectivity index (χ3v) is 3.46. The first-order chi connectivity index (χ1) is 8.34. The van der Waals surface area contributed by atoms with Crippen LogP contribution >= 0.6 is 0 Å². The first kappa shape index (κ1) is 10.5. The molecule has 1 heterocycles. The van der Waals surface area contributed by atoms with Crippen molar-refractivity contribution in [3.8, 4) is 0 Å². The first-order valence-corrected chi connectivity index (χ1v) is 6.14. The quantitative estimate of drug-likeness (QED) is 0.794. The van der Waals surface area contributed by atoms with E-state index in [9.17, 15) is 0 Å². The van der Waals surface area contributed by atoms with Gasteiger partial charge in [0.05, 0.1) is 11.6 Å². The van der Waals surface area contributed by atoms with Crippen molar-refractivity contribution in [1.29, 1.82) is 0 Å². The summed E-state index contributed by atoms with van der Waals surface area (Å²) in [7, 11) is 0. The van der Waals surface area contributed by atoms with Crippen LogP contribution in [0.25, 0.3) is 10.9 Å². The van der Waals surface area contributed by atoms with E-state index >= 15 is 0 Å². The summed E-state index contributed by atoms with van der Waals surface area (Å²) in [5.74, 6) is 0. The lowest BCUT2D eigenvalue weighted by atomic mass is 9.98. The Bertz CT molecular complexity index is 572. The highest BCUT2D eigenvalue weighted by atomic mass is 14.7. The van der Waals surface area contributed by atoms with Crippen LogP contribution < -0.4 is 5.73 Å². The highest BCUT2D eigenvalue weighted by molar-refractivity contribution is 5.79. The van der Waals surface area contributed by atoms with E-state index in [0.29, 0.717) is 0 Å². The van der Waals surface area contributed by atoms with Gasteiger partial charge >= 0.3 is 0 Å². The fourth-order valence-corrected chi connectivity index (χ4v) is 2.48.